The fraction of sp³-hybridized carbons (Fsp3) is 0.179. The predicted octanol–water partition coefficient (Wildman–Crippen LogP) is 5.88. The minimum Gasteiger partial charge on any atom is -0.423 e. The van der Waals surface area contributed by atoms with Crippen LogP contribution < -0.4 is 15.0 Å². The fourth-order valence-corrected chi connectivity index (χ4v) is 4.20. The van der Waals surface area contributed by atoms with Crippen LogP contribution in [0.5, 0.6) is 5.75 Å². The first-order chi connectivity index (χ1) is 16.6. The van der Waals surface area contributed by atoms with Crippen molar-refractivity contribution >= 4 is 40.8 Å². The number of imide groups is 1. The van der Waals surface area contributed by atoms with E-state index in [1.54, 1.807) is 30.3 Å². The Bertz CT molecular complexity index is 1410. The Kier molecular flexibility index (Phi) is 6.50. The lowest BCUT2D eigenvalue weighted by Crippen LogP contribution is -2.32. The number of hydrogen-bond acceptors (Lipinski definition) is 5. The molecule has 0 unspecified atom stereocenters. The summed E-state index contributed by atoms with van der Waals surface area (Å²) in [6.07, 6.45) is 0. The first-order valence-electron chi connectivity index (χ1n) is 11.1. The highest BCUT2D eigenvalue weighted by Crippen LogP contribution is 2.32. The predicted molar refractivity (Wildman–Crippen MR) is 137 cm³/mol. The summed E-state index contributed by atoms with van der Waals surface area (Å²) in [7, 11) is 0. The SMILES string of the molecule is Cc1ccc(N2C(=O)C(Cl)=C(Nc3ccc(C(=O)Oc4cc(C)cc(C)c4C)cc3)C2=O)c(C)c1. The summed E-state index contributed by atoms with van der Waals surface area (Å²) in [5, 5.41) is 2.73. The molecule has 4 rings (SSSR count). The average Bonchev–Trinajstić information content (AvgIpc) is 3.01. The third kappa shape index (κ3) is 4.70. The average molecular weight is 489 g/mol. The van der Waals surface area contributed by atoms with E-state index in [2.05, 4.69) is 5.32 Å². The molecule has 0 spiro atoms. The fourth-order valence-electron chi connectivity index (χ4n) is 3.99. The Hall–Kier alpha value is -3.90. The number of benzene rings is 3. The van der Waals surface area contributed by atoms with Gasteiger partial charge in [-0.1, -0.05) is 35.4 Å². The van der Waals surface area contributed by atoms with Crippen LogP contribution in [0.3, 0.4) is 0 Å². The molecule has 3 aromatic carbocycles. The molecule has 0 aromatic heterocycles. The molecule has 0 radical (unpaired) electrons. The number of carbonyl (C=O) groups excluding carboxylic acids is 3. The number of anilines is 2. The maximum absolute atomic E-state index is 13.1. The third-order valence-electron chi connectivity index (χ3n) is 5.98. The zero-order valence-electron chi connectivity index (χ0n) is 20.2. The highest BCUT2D eigenvalue weighted by Gasteiger charge is 2.39. The van der Waals surface area contributed by atoms with Crippen molar-refractivity contribution in [3.05, 3.63) is 98.7 Å². The lowest BCUT2D eigenvalue weighted by atomic mass is 10.1. The zero-order valence-corrected chi connectivity index (χ0v) is 20.9. The third-order valence-corrected chi connectivity index (χ3v) is 6.33. The lowest BCUT2D eigenvalue weighted by Gasteiger charge is -2.18. The summed E-state index contributed by atoms with van der Waals surface area (Å²) in [6.45, 7) is 9.59. The second-order valence-electron chi connectivity index (χ2n) is 8.72. The molecule has 6 nitrogen and oxygen atoms in total. The van der Waals surface area contributed by atoms with Crippen LogP contribution in [0.15, 0.2) is 65.3 Å². The van der Waals surface area contributed by atoms with Gasteiger partial charge in [0.05, 0.1) is 11.3 Å². The van der Waals surface area contributed by atoms with Crippen molar-refractivity contribution < 1.29 is 19.1 Å². The molecule has 7 heteroatoms. The minimum atomic E-state index is -0.588. The molecule has 1 aliphatic rings. The Labute approximate surface area is 209 Å². The van der Waals surface area contributed by atoms with Gasteiger partial charge in [-0.25, -0.2) is 9.69 Å². The van der Waals surface area contributed by atoms with Crippen molar-refractivity contribution in [3.63, 3.8) is 0 Å². The van der Waals surface area contributed by atoms with Crippen LogP contribution in [-0.4, -0.2) is 17.8 Å². The summed E-state index contributed by atoms with van der Waals surface area (Å²) in [5.74, 6) is -1.10. The summed E-state index contributed by atoms with van der Waals surface area (Å²) >= 11 is 6.24. The standard InChI is InChI=1S/C28H25ClN2O4/c1-15-6-11-22(18(4)12-15)31-26(32)24(29)25(27(31)33)30-21-9-7-20(8-10-21)28(34)35-23-14-16(2)13-17(3)19(23)5/h6-14,30H,1-5H3. The quantitative estimate of drug-likeness (QED) is 0.275. The number of halogens is 1. The van der Waals surface area contributed by atoms with Crippen LogP contribution in [0.25, 0.3) is 0 Å². The van der Waals surface area contributed by atoms with Crippen LogP contribution in [0.4, 0.5) is 11.4 Å². The number of hydrogen-bond donors (Lipinski definition) is 1. The van der Waals surface area contributed by atoms with Gasteiger partial charge in [0.2, 0.25) is 0 Å². The first kappa shape index (κ1) is 24.2. The van der Waals surface area contributed by atoms with Crippen LogP contribution in [0, 0.1) is 34.6 Å². The number of esters is 1. The maximum atomic E-state index is 13.1. The van der Waals surface area contributed by atoms with Gasteiger partial charge in [-0.3, -0.25) is 9.59 Å². The van der Waals surface area contributed by atoms with E-state index < -0.39 is 17.8 Å². The van der Waals surface area contributed by atoms with Crippen molar-refractivity contribution in [2.75, 3.05) is 10.2 Å². The van der Waals surface area contributed by atoms with E-state index in [1.165, 1.54) is 0 Å². The second kappa shape index (κ2) is 9.39. The van der Waals surface area contributed by atoms with Crippen molar-refractivity contribution in [2.24, 2.45) is 0 Å². The highest BCUT2D eigenvalue weighted by atomic mass is 35.5. The largest absolute Gasteiger partial charge is 0.423 e. The molecule has 0 saturated carbocycles. The van der Waals surface area contributed by atoms with Crippen LogP contribution in [0.2, 0.25) is 0 Å². The van der Waals surface area contributed by atoms with Gasteiger partial charge in [0, 0.05) is 5.69 Å². The van der Waals surface area contributed by atoms with E-state index in [0.717, 1.165) is 32.7 Å². The van der Waals surface area contributed by atoms with Crippen LogP contribution >= 0.6 is 11.6 Å². The zero-order chi connectivity index (χ0) is 25.4. The molecule has 0 atom stereocenters. The molecular weight excluding hydrogens is 464 g/mol. The Morgan fingerprint density at radius 2 is 1.49 bits per heavy atom. The van der Waals surface area contributed by atoms with Crippen molar-refractivity contribution in [2.45, 2.75) is 34.6 Å². The van der Waals surface area contributed by atoms with E-state index in [1.807, 2.05) is 58.9 Å². The topological polar surface area (TPSA) is 75.7 Å². The van der Waals surface area contributed by atoms with Gasteiger partial charge in [-0.15, -0.1) is 0 Å². The van der Waals surface area contributed by atoms with Gasteiger partial charge < -0.3 is 10.1 Å². The molecule has 178 valence electrons. The second-order valence-corrected chi connectivity index (χ2v) is 9.10. The van der Waals surface area contributed by atoms with E-state index in [0.29, 0.717) is 22.7 Å². The summed E-state index contributed by atoms with van der Waals surface area (Å²) < 4.78 is 5.60. The molecule has 1 N–H and O–H groups in total. The number of nitrogens with one attached hydrogen (secondary N) is 1. The maximum Gasteiger partial charge on any atom is 0.343 e. The summed E-state index contributed by atoms with van der Waals surface area (Å²) in [4.78, 5) is 39.6. The number of aryl methyl sites for hydroxylation is 4. The number of ether oxygens (including phenoxy) is 1. The monoisotopic (exact) mass is 488 g/mol. The van der Waals surface area contributed by atoms with Gasteiger partial charge in [-0.05, 0) is 93.3 Å². The number of nitrogens with zero attached hydrogens (tertiary/aromatic N) is 1. The normalized spacial score (nSPS) is 13.5. The molecular formula is C28H25ClN2O4. The summed E-state index contributed by atoms with van der Waals surface area (Å²) in [5.41, 5.74) is 6.09. The summed E-state index contributed by atoms with van der Waals surface area (Å²) in [6, 6.07) is 15.7. The number of amides is 2. The van der Waals surface area contributed by atoms with Gasteiger partial charge in [0.1, 0.15) is 16.5 Å². The molecule has 3 aromatic rings. The van der Waals surface area contributed by atoms with Crippen LogP contribution in [-0.2, 0) is 9.59 Å². The van der Waals surface area contributed by atoms with Gasteiger partial charge >= 0.3 is 5.97 Å². The van der Waals surface area contributed by atoms with Crippen molar-refractivity contribution in [1.29, 1.82) is 0 Å². The van der Waals surface area contributed by atoms with Crippen LogP contribution in [0.1, 0.15) is 38.2 Å². The molecule has 0 fully saturated rings. The Balaban J connectivity index is 1.51. The molecule has 2 amide bonds. The van der Waals surface area contributed by atoms with Gasteiger partial charge in [-0.2, -0.15) is 0 Å². The van der Waals surface area contributed by atoms with E-state index in [9.17, 15) is 14.4 Å². The van der Waals surface area contributed by atoms with Gasteiger partial charge in [0.15, 0.2) is 0 Å². The van der Waals surface area contributed by atoms with Crippen molar-refractivity contribution in [3.8, 4) is 5.75 Å². The Morgan fingerprint density at radius 1 is 0.829 bits per heavy atom. The molecule has 0 aliphatic carbocycles. The van der Waals surface area contributed by atoms with Gasteiger partial charge in [0.25, 0.3) is 11.8 Å². The molecule has 1 aliphatic heterocycles. The number of rotatable bonds is 5. The molecule has 35 heavy (non-hydrogen) atoms. The molecule has 0 saturated heterocycles. The molecule has 1 heterocycles. The number of carbonyl (C=O) groups is 3. The van der Waals surface area contributed by atoms with E-state index in [-0.39, 0.29) is 10.7 Å². The van der Waals surface area contributed by atoms with E-state index >= 15 is 0 Å². The minimum absolute atomic E-state index is 0.0159. The first-order valence-corrected chi connectivity index (χ1v) is 11.5. The van der Waals surface area contributed by atoms with Crippen molar-refractivity contribution in [1.82, 2.24) is 0 Å². The lowest BCUT2D eigenvalue weighted by molar-refractivity contribution is -0.120. The Morgan fingerprint density at radius 3 is 2.14 bits per heavy atom. The van der Waals surface area contributed by atoms with E-state index in [4.69, 9.17) is 16.3 Å². The smallest absolute Gasteiger partial charge is 0.343 e. The highest BCUT2D eigenvalue weighted by molar-refractivity contribution is 6.53. The molecule has 0 bridgehead atoms.